The zero-order valence-electron chi connectivity index (χ0n) is 14.1. The first-order valence-electron chi connectivity index (χ1n) is 8.16. The normalized spacial score (nSPS) is 13.7. The van der Waals surface area contributed by atoms with E-state index in [0.29, 0.717) is 17.1 Å². The number of hydrogen-bond donors (Lipinski definition) is 0. The van der Waals surface area contributed by atoms with E-state index in [2.05, 4.69) is 0 Å². The van der Waals surface area contributed by atoms with E-state index in [0.717, 1.165) is 0 Å². The van der Waals surface area contributed by atoms with Crippen LogP contribution in [0.1, 0.15) is 10.4 Å². The summed E-state index contributed by atoms with van der Waals surface area (Å²) in [6.45, 7) is -0.0761. The molecule has 130 valence electrons. The monoisotopic (exact) mass is 349 g/mol. The summed E-state index contributed by atoms with van der Waals surface area (Å²) in [5, 5.41) is 0. The van der Waals surface area contributed by atoms with Crippen LogP contribution in [0.2, 0.25) is 0 Å². The average molecular weight is 349 g/mol. The lowest BCUT2D eigenvalue weighted by molar-refractivity contribution is -0.117. The fourth-order valence-electron chi connectivity index (χ4n) is 3.12. The molecule has 0 radical (unpaired) electrons. The van der Waals surface area contributed by atoms with Crippen LogP contribution in [-0.2, 0) is 4.79 Å². The first-order chi connectivity index (χ1) is 12.6. The van der Waals surface area contributed by atoms with Crippen molar-refractivity contribution in [1.82, 2.24) is 4.57 Å². The minimum atomic E-state index is -0.499. The van der Waals surface area contributed by atoms with E-state index in [1.54, 1.807) is 66.5 Å². The molecule has 0 fully saturated rings. The smallest absolute Gasteiger partial charge is 0.258 e. The van der Waals surface area contributed by atoms with Gasteiger partial charge in [0.15, 0.2) is 0 Å². The van der Waals surface area contributed by atoms with Gasteiger partial charge in [-0.3, -0.25) is 14.5 Å². The second-order valence-corrected chi connectivity index (χ2v) is 6.09. The van der Waals surface area contributed by atoms with Crippen LogP contribution >= 0.6 is 0 Å². The number of likely N-dealkylation sites (N-methyl/N-ethyl adjacent to an activating group) is 1. The van der Waals surface area contributed by atoms with Gasteiger partial charge in [-0.1, -0.05) is 12.1 Å². The summed E-state index contributed by atoms with van der Waals surface area (Å²) in [6, 6.07) is 15.1. The van der Waals surface area contributed by atoms with Gasteiger partial charge < -0.3 is 9.47 Å². The average Bonchev–Trinajstić information content (AvgIpc) is 3.18. The standard InChI is InChI=1S/C20H16FN3O2/c1-22-17-6-2-3-7-18(17)24(13-19(22)25)20(26)14-8-9-16(15(21)12-14)23-10-4-5-11-23/h2-12H,13H2,1H3. The molecule has 3 aromatic rings. The highest BCUT2D eigenvalue weighted by Crippen LogP contribution is 2.33. The topological polar surface area (TPSA) is 45.6 Å². The van der Waals surface area contributed by atoms with Gasteiger partial charge in [0.25, 0.3) is 5.91 Å². The highest BCUT2D eigenvalue weighted by Gasteiger charge is 2.31. The molecule has 2 heterocycles. The number of amides is 2. The highest BCUT2D eigenvalue weighted by molar-refractivity contribution is 6.15. The summed E-state index contributed by atoms with van der Waals surface area (Å²) in [7, 11) is 1.68. The zero-order valence-corrected chi connectivity index (χ0v) is 14.1. The summed E-state index contributed by atoms with van der Waals surface area (Å²) < 4.78 is 16.1. The van der Waals surface area contributed by atoms with Gasteiger partial charge >= 0.3 is 0 Å². The number of halogens is 1. The maximum atomic E-state index is 14.5. The molecule has 2 aromatic carbocycles. The number of carbonyl (C=O) groups is 2. The second kappa shape index (κ2) is 6.15. The van der Waals surface area contributed by atoms with Crippen molar-refractivity contribution in [2.45, 2.75) is 0 Å². The molecule has 0 aliphatic carbocycles. The number of hydrogen-bond acceptors (Lipinski definition) is 2. The Morgan fingerprint density at radius 2 is 1.65 bits per heavy atom. The summed E-state index contributed by atoms with van der Waals surface area (Å²) in [6.07, 6.45) is 3.46. The quantitative estimate of drug-likeness (QED) is 0.713. The lowest BCUT2D eigenvalue weighted by Crippen LogP contribution is -2.46. The minimum Gasteiger partial charge on any atom is -0.321 e. The number of nitrogens with zero attached hydrogens (tertiary/aromatic N) is 3. The molecular formula is C20H16FN3O2. The number of carbonyl (C=O) groups excluding carboxylic acids is 2. The lowest BCUT2D eigenvalue weighted by Gasteiger charge is -2.34. The molecule has 0 bridgehead atoms. The lowest BCUT2D eigenvalue weighted by atomic mass is 10.1. The number of benzene rings is 2. The first kappa shape index (κ1) is 16.1. The summed E-state index contributed by atoms with van der Waals surface area (Å²) in [5.41, 5.74) is 1.85. The fourth-order valence-corrected chi connectivity index (χ4v) is 3.12. The van der Waals surface area contributed by atoms with Crippen LogP contribution in [-0.4, -0.2) is 30.0 Å². The Morgan fingerprint density at radius 3 is 2.35 bits per heavy atom. The van der Waals surface area contributed by atoms with Crippen LogP contribution in [0.4, 0.5) is 15.8 Å². The van der Waals surface area contributed by atoms with Crippen LogP contribution in [0.15, 0.2) is 67.0 Å². The van der Waals surface area contributed by atoms with Crippen molar-refractivity contribution in [2.75, 3.05) is 23.4 Å². The molecule has 0 saturated carbocycles. The third-order valence-electron chi connectivity index (χ3n) is 4.52. The van der Waals surface area contributed by atoms with Crippen LogP contribution in [0.25, 0.3) is 5.69 Å². The second-order valence-electron chi connectivity index (χ2n) is 6.09. The Kier molecular flexibility index (Phi) is 3.80. The Morgan fingerprint density at radius 1 is 0.962 bits per heavy atom. The molecule has 1 aliphatic heterocycles. The molecule has 4 rings (SSSR count). The van der Waals surface area contributed by atoms with Crippen molar-refractivity contribution >= 4 is 23.2 Å². The van der Waals surface area contributed by atoms with Gasteiger partial charge in [0.05, 0.1) is 17.1 Å². The molecule has 1 aromatic heterocycles. The molecule has 0 spiro atoms. The Balaban J connectivity index is 1.71. The largest absolute Gasteiger partial charge is 0.321 e. The number of para-hydroxylation sites is 2. The summed E-state index contributed by atoms with van der Waals surface area (Å²) in [4.78, 5) is 28.1. The van der Waals surface area contributed by atoms with Crippen LogP contribution in [0, 0.1) is 5.82 Å². The van der Waals surface area contributed by atoms with E-state index in [4.69, 9.17) is 0 Å². The molecule has 0 N–H and O–H groups in total. The van der Waals surface area contributed by atoms with E-state index >= 15 is 0 Å². The van der Waals surface area contributed by atoms with Gasteiger partial charge in [0.2, 0.25) is 5.91 Å². The van der Waals surface area contributed by atoms with E-state index < -0.39 is 11.7 Å². The van der Waals surface area contributed by atoms with E-state index in [-0.39, 0.29) is 18.0 Å². The van der Waals surface area contributed by atoms with Gasteiger partial charge in [-0.05, 0) is 42.5 Å². The Labute approximate surface area is 149 Å². The molecular weight excluding hydrogens is 333 g/mol. The van der Waals surface area contributed by atoms with E-state index in [9.17, 15) is 14.0 Å². The molecule has 0 unspecified atom stereocenters. The summed E-state index contributed by atoms with van der Waals surface area (Å²) in [5.74, 6) is -1.10. The number of rotatable bonds is 2. The SMILES string of the molecule is CN1C(=O)CN(C(=O)c2ccc(-n3cccc3)c(F)c2)c2ccccc21. The predicted molar refractivity (Wildman–Crippen MR) is 97.3 cm³/mol. The fraction of sp³-hybridized carbons (Fsp3) is 0.100. The van der Waals surface area contributed by atoms with Crippen LogP contribution < -0.4 is 9.80 Å². The van der Waals surface area contributed by atoms with Crippen molar-refractivity contribution in [1.29, 1.82) is 0 Å². The molecule has 5 nitrogen and oxygen atoms in total. The number of anilines is 2. The van der Waals surface area contributed by atoms with Crippen LogP contribution in [0.5, 0.6) is 0 Å². The van der Waals surface area contributed by atoms with E-state index in [1.165, 1.54) is 15.9 Å². The number of aromatic nitrogens is 1. The van der Waals surface area contributed by atoms with Crippen LogP contribution in [0.3, 0.4) is 0 Å². The van der Waals surface area contributed by atoms with Crippen molar-refractivity contribution < 1.29 is 14.0 Å². The molecule has 2 amide bonds. The molecule has 26 heavy (non-hydrogen) atoms. The minimum absolute atomic E-state index is 0.0761. The van der Waals surface area contributed by atoms with Gasteiger partial charge in [0, 0.05) is 25.0 Å². The number of fused-ring (bicyclic) bond motifs is 1. The molecule has 0 saturated heterocycles. The third-order valence-corrected chi connectivity index (χ3v) is 4.52. The molecule has 1 aliphatic rings. The van der Waals surface area contributed by atoms with Crippen molar-refractivity contribution in [3.05, 3.63) is 78.4 Å². The van der Waals surface area contributed by atoms with Gasteiger partial charge in [0.1, 0.15) is 12.4 Å². The maximum absolute atomic E-state index is 14.5. The maximum Gasteiger partial charge on any atom is 0.258 e. The highest BCUT2D eigenvalue weighted by atomic mass is 19.1. The predicted octanol–water partition coefficient (Wildman–Crippen LogP) is 3.24. The molecule has 0 atom stereocenters. The Hall–Kier alpha value is -3.41. The van der Waals surface area contributed by atoms with Gasteiger partial charge in [-0.2, -0.15) is 0 Å². The van der Waals surface area contributed by atoms with E-state index in [1.807, 2.05) is 6.07 Å². The Bertz CT molecular complexity index is 998. The van der Waals surface area contributed by atoms with Crippen molar-refractivity contribution in [2.24, 2.45) is 0 Å². The molecule has 6 heteroatoms. The van der Waals surface area contributed by atoms with Gasteiger partial charge in [-0.15, -0.1) is 0 Å². The van der Waals surface area contributed by atoms with Crippen molar-refractivity contribution in [3.8, 4) is 5.69 Å². The van der Waals surface area contributed by atoms with Crippen molar-refractivity contribution in [3.63, 3.8) is 0 Å². The van der Waals surface area contributed by atoms with Gasteiger partial charge in [-0.25, -0.2) is 4.39 Å². The third kappa shape index (κ3) is 2.56. The summed E-state index contributed by atoms with van der Waals surface area (Å²) >= 11 is 0. The first-order valence-corrected chi connectivity index (χ1v) is 8.16. The zero-order chi connectivity index (χ0) is 18.3.